The smallest absolute Gasteiger partial charge is 0.314 e. The van der Waals surface area contributed by atoms with Crippen molar-refractivity contribution >= 4 is 6.03 Å². The van der Waals surface area contributed by atoms with Gasteiger partial charge in [-0.2, -0.15) is 0 Å². The number of carbonyl (C=O) groups excluding carboxylic acids is 1. The number of rotatable bonds is 7. The van der Waals surface area contributed by atoms with Crippen molar-refractivity contribution in [1.29, 1.82) is 0 Å². The molecule has 1 aromatic carbocycles. The van der Waals surface area contributed by atoms with Crippen LogP contribution in [0.3, 0.4) is 0 Å². The van der Waals surface area contributed by atoms with Crippen LogP contribution in [-0.4, -0.2) is 37.4 Å². The molecule has 106 valence electrons. The fourth-order valence-corrected chi connectivity index (χ4v) is 1.71. The molecule has 0 bridgehead atoms. The number of hydrogen-bond acceptors (Lipinski definition) is 3. The standard InChI is InChI=1S/C14H22N2O3/c1-11-5-3-6-12(2)13(11)19-10-4-7-15-14(18)16-8-9-17/h3,5-6,17H,4,7-10H2,1-2H3,(H2,15,16,18). The molecule has 0 aliphatic carbocycles. The van der Waals surface area contributed by atoms with Crippen LogP contribution in [0.4, 0.5) is 4.79 Å². The molecule has 1 aromatic rings. The number of hydrogen-bond donors (Lipinski definition) is 3. The Morgan fingerprint density at radius 3 is 2.47 bits per heavy atom. The minimum absolute atomic E-state index is 0.0525. The second-order valence-electron chi connectivity index (χ2n) is 4.33. The maximum atomic E-state index is 11.2. The normalized spacial score (nSPS) is 10.1. The van der Waals surface area contributed by atoms with Crippen molar-refractivity contribution in [3.63, 3.8) is 0 Å². The van der Waals surface area contributed by atoms with E-state index in [9.17, 15) is 4.79 Å². The fourth-order valence-electron chi connectivity index (χ4n) is 1.71. The number of ether oxygens (including phenoxy) is 1. The van der Waals surface area contributed by atoms with Crippen molar-refractivity contribution in [3.05, 3.63) is 29.3 Å². The van der Waals surface area contributed by atoms with Crippen molar-refractivity contribution < 1.29 is 14.6 Å². The summed E-state index contributed by atoms with van der Waals surface area (Å²) < 4.78 is 5.72. The first-order valence-electron chi connectivity index (χ1n) is 6.46. The average molecular weight is 266 g/mol. The lowest BCUT2D eigenvalue weighted by Gasteiger charge is -2.12. The third-order valence-electron chi connectivity index (χ3n) is 2.66. The lowest BCUT2D eigenvalue weighted by atomic mass is 10.1. The molecule has 0 saturated heterocycles. The number of aliphatic hydroxyl groups excluding tert-OH is 1. The molecular weight excluding hydrogens is 244 g/mol. The van der Waals surface area contributed by atoms with Gasteiger partial charge in [0, 0.05) is 13.1 Å². The number of nitrogens with one attached hydrogen (secondary N) is 2. The molecule has 0 fully saturated rings. The number of para-hydroxylation sites is 1. The van der Waals surface area contributed by atoms with E-state index in [0.717, 1.165) is 23.3 Å². The Hall–Kier alpha value is -1.75. The van der Waals surface area contributed by atoms with Crippen molar-refractivity contribution in [1.82, 2.24) is 10.6 Å². The molecule has 0 heterocycles. The van der Waals surface area contributed by atoms with Gasteiger partial charge in [-0.05, 0) is 31.4 Å². The highest BCUT2D eigenvalue weighted by atomic mass is 16.5. The van der Waals surface area contributed by atoms with Crippen LogP contribution in [0.25, 0.3) is 0 Å². The van der Waals surface area contributed by atoms with Gasteiger partial charge in [-0.25, -0.2) is 4.79 Å². The molecular formula is C14H22N2O3. The summed E-state index contributed by atoms with van der Waals surface area (Å²) in [5, 5.41) is 13.8. The highest BCUT2D eigenvalue weighted by molar-refractivity contribution is 5.73. The van der Waals surface area contributed by atoms with E-state index in [2.05, 4.69) is 10.6 Å². The third kappa shape index (κ3) is 5.61. The Balaban J connectivity index is 2.19. The zero-order chi connectivity index (χ0) is 14.1. The van der Waals surface area contributed by atoms with E-state index >= 15 is 0 Å². The summed E-state index contributed by atoms with van der Waals surface area (Å²) in [4.78, 5) is 11.2. The van der Waals surface area contributed by atoms with Gasteiger partial charge in [-0.1, -0.05) is 18.2 Å². The zero-order valence-electron chi connectivity index (χ0n) is 11.5. The van der Waals surface area contributed by atoms with Gasteiger partial charge in [0.2, 0.25) is 0 Å². The first-order chi connectivity index (χ1) is 9.15. The zero-order valence-corrected chi connectivity index (χ0v) is 11.5. The summed E-state index contributed by atoms with van der Waals surface area (Å²) in [6, 6.07) is 5.78. The fraction of sp³-hybridized carbons (Fsp3) is 0.500. The largest absolute Gasteiger partial charge is 0.493 e. The Labute approximate surface area is 114 Å². The minimum atomic E-state index is -0.263. The molecule has 0 unspecified atom stereocenters. The summed E-state index contributed by atoms with van der Waals surface area (Å²) in [6.07, 6.45) is 0.736. The van der Waals surface area contributed by atoms with Crippen molar-refractivity contribution in [3.8, 4) is 5.75 Å². The number of carbonyl (C=O) groups is 1. The molecule has 5 nitrogen and oxygen atoms in total. The molecule has 3 N–H and O–H groups in total. The van der Waals surface area contributed by atoms with Crippen LogP contribution in [0.15, 0.2) is 18.2 Å². The quantitative estimate of drug-likeness (QED) is 0.653. The molecule has 2 amide bonds. The number of benzene rings is 1. The molecule has 1 rings (SSSR count). The monoisotopic (exact) mass is 266 g/mol. The van der Waals surface area contributed by atoms with Crippen LogP contribution >= 0.6 is 0 Å². The Morgan fingerprint density at radius 1 is 1.21 bits per heavy atom. The van der Waals surface area contributed by atoms with E-state index in [-0.39, 0.29) is 19.2 Å². The van der Waals surface area contributed by atoms with Crippen LogP contribution < -0.4 is 15.4 Å². The van der Waals surface area contributed by atoms with Gasteiger partial charge in [0.05, 0.1) is 13.2 Å². The van der Waals surface area contributed by atoms with Gasteiger partial charge >= 0.3 is 6.03 Å². The van der Waals surface area contributed by atoms with Crippen molar-refractivity contribution in [2.75, 3.05) is 26.3 Å². The van der Waals surface area contributed by atoms with Gasteiger partial charge in [0.15, 0.2) is 0 Å². The van der Waals surface area contributed by atoms with Crippen LogP contribution in [0.2, 0.25) is 0 Å². The second-order valence-corrected chi connectivity index (χ2v) is 4.33. The predicted octanol–water partition coefficient (Wildman–Crippen LogP) is 1.36. The highest BCUT2D eigenvalue weighted by Gasteiger charge is 2.03. The van der Waals surface area contributed by atoms with Crippen LogP contribution in [0.1, 0.15) is 17.5 Å². The van der Waals surface area contributed by atoms with E-state index < -0.39 is 0 Å². The molecule has 0 aliphatic heterocycles. The minimum Gasteiger partial charge on any atom is -0.493 e. The summed E-state index contributed by atoms with van der Waals surface area (Å²) in [5.41, 5.74) is 2.24. The molecule has 19 heavy (non-hydrogen) atoms. The third-order valence-corrected chi connectivity index (χ3v) is 2.66. The molecule has 5 heteroatoms. The Morgan fingerprint density at radius 2 is 1.84 bits per heavy atom. The van der Waals surface area contributed by atoms with E-state index in [1.165, 1.54) is 0 Å². The van der Waals surface area contributed by atoms with E-state index in [4.69, 9.17) is 9.84 Å². The average Bonchev–Trinajstić information content (AvgIpc) is 2.39. The molecule has 0 spiro atoms. The van der Waals surface area contributed by atoms with Crippen molar-refractivity contribution in [2.24, 2.45) is 0 Å². The lowest BCUT2D eigenvalue weighted by Crippen LogP contribution is -2.37. The summed E-state index contributed by atoms with van der Waals surface area (Å²) in [7, 11) is 0. The predicted molar refractivity (Wildman–Crippen MR) is 74.5 cm³/mol. The number of urea groups is 1. The van der Waals surface area contributed by atoms with Gasteiger partial charge in [0.25, 0.3) is 0 Å². The SMILES string of the molecule is Cc1cccc(C)c1OCCCNC(=O)NCCO. The van der Waals surface area contributed by atoms with Crippen LogP contribution in [0.5, 0.6) is 5.75 Å². The molecule has 0 atom stereocenters. The lowest BCUT2D eigenvalue weighted by molar-refractivity contribution is 0.232. The number of amides is 2. The molecule has 0 radical (unpaired) electrons. The number of aryl methyl sites for hydroxylation is 2. The van der Waals surface area contributed by atoms with Gasteiger partial charge < -0.3 is 20.5 Å². The van der Waals surface area contributed by atoms with Gasteiger partial charge in [0.1, 0.15) is 5.75 Å². The Kier molecular flexibility index (Phi) is 6.74. The summed E-state index contributed by atoms with van der Waals surface area (Å²) in [6.45, 7) is 5.35. The van der Waals surface area contributed by atoms with Crippen molar-refractivity contribution in [2.45, 2.75) is 20.3 Å². The van der Waals surface area contributed by atoms with Gasteiger partial charge in [-0.15, -0.1) is 0 Å². The highest BCUT2D eigenvalue weighted by Crippen LogP contribution is 2.22. The van der Waals surface area contributed by atoms with Crippen LogP contribution in [-0.2, 0) is 0 Å². The second kappa shape index (κ2) is 8.37. The summed E-state index contributed by atoms with van der Waals surface area (Å²) >= 11 is 0. The first kappa shape index (κ1) is 15.3. The molecule has 0 aliphatic rings. The maximum Gasteiger partial charge on any atom is 0.314 e. The number of aliphatic hydroxyl groups is 1. The first-order valence-corrected chi connectivity index (χ1v) is 6.46. The summed E-state index contributed by atoms with van der Waals surface area (Å²) in [5.74, 6) is 0.923. The molecule has 0 saturated carbocycles. The maximum absolute atomic E-state index is 11.2. The topological polar surface area (TPSA) is 70.6 Å². The van der Waals surface area contributed by atoms with Crippen LogP contribution in [0, 0.1) is 13.8 Å². The molecule has 0 aromatic heterocycles. The van der Waals surface area contributed by atoms with E-state index in [1.54, 1.807) is 0 Å². The van der Waals surface area contributed by atoms with E-state index in [1.807, 2.05) is 32.0 Å². The Bertz CT molecular complexity index is 387. The van der Waals surface area contributed by atoms with E-state index in [0.29, 0.717) is 13.2 Å². The van der Waals surface area contributed by atoms with Gasteiger partial charge in [-0.3, -0.25) is 0 Å².